The number of nitriles is 1. The van der Waals surface area contributed by atoms with Crippen LogP contribution in [0.1, 0.15) is 19.7 Å². The zero-order valence-corrected chi connectivity index (χ0v) is 9.20. The maximum Gasteiger partial charge on any atom is 0.182 e. The second kappa shape index (κ2) is 5.15. The van der Waals surface area contributed by atoms with Gasteiger partial charge >= 0.3 is 0 Å². The molecule has 0 atom stereocenters. The summed E-state index contributed by atoms with van der Waals surface area (Å²) < 4.78 is 0. The monoisotopic (exact) mass is 205 g/mol. The second-order valence-electron chi connectivity index (χ2n) is 3.70. The average Bonchev–Trinajstić information content (AvgIpc) is 2.14. The quantitative estimate of drug-likeness (QED) is 0.578. The van der Waals surface area contributed by atoms with E-state index in [1.165, 1.54) is 0 Å². The standard InChI is InChI=1S/C10H15N5/c1-7(2)5-12-9-4-10(13-6-11)15-8(3)14-9/h4,7H,5H2,1-3H3,(H2,12,13,14,15). The zero-order chi connectivity index (χ0) is 11.3. The van der Waals surface area contributed by atoms with Crippen molar-refractivity contribution in [1.82, 2.24) is 9.97 Å². The highest BCUT2D eigenvalue weighted by Gasteiger charge is 2.01. The highest BCUT2D eigenvalue weighted by atomic mass is 15.1. The van der Waals surface area contributed by atoms with Crippen LogP contribution in [-0.2, 0) is 0 Å². The predicted molar refractivity (Wildman–Crippen MR) is 59.3 cm³/mol. The van der Waals surface area contributed by atoms with E-state index in [0.29, 0.717) is 17.6 Å². The van der Waals surface area contributed by atoms with E-state index in [0.717, 1.165) is 12.4 Å². The minimum Gasteiger partial charge on any atom is -0.370 e. The Hall–Kier alpha value is -1.83. The van der Waals surface area contributed by atoms with E-state index in [2.05, 4.69) is 34.4 Å². The van der Waals surface area contributed by atoms with Crippen molar-refractivity contribution < 1.29 is 0 Å². The number of nitrogens with one attached hydrogen (secondary N) is 2. The first-order chi connectivity index (χ1) is 7.11. The van der Waals surface area contributed by atoms with Crippen LogP contribution in [0.4, 0.5) is 11.6 Å². The summed E-state index contributed by atoms with van der Waals surface area (Å²) >= 11 is 0. The van der Waals surface area contributed by atoms with Gasteiger partial charge in [-0.25, -0.2) is 9.97 Å². The number of aryl methyl sites for hydroxylation is 1. The summed E-state index contributed by atoms with van der Waals surface area (Å²) in [6.07, 6.45) is 1.84. The Kier molecular flexibility index (Phi) is 3.86. The van der Waals surface area contributed by atoms with Gasteiger partial charge in [-0.05, 0) is 12.8 Å². The molecule has 0 aromatic carbocycles. The molecule has 0 aliphatic carbocycles. The zero-order valence-electron chi connectivity index (χ0n) is 9.20. The van der Waals surface area contributed by atoms with E-state index < -0.39 is 0 Å². The van der Waals surface area contributed by atoms with Crippen molar-refractivity contribution >= 4 is 11.6 Å². The minimum absolute atomic E-state index is 0.524. The van der Waals surface area contributed by atoms with Gasteiger partial charge in [-0.2, -0.15) is 5.26 Å². The van der Waals surface area contributed by atoms with Crippen molar-refractivity contribution in [3.8, 4) is 6.19 Å². The average molecular weight is 205 g/mol. The molecular formula is C10H15N5. The Balaban J connectivity index is 2.75. The minimum atomic E-state index is 0.524. The van der Waals surface area contributed by atoms with Gasteiger partial charge in [0.05, 0.1) is 0 Å². The Morgan fingerprint density at radius 3 is 2.67 bits per heavy atom. The van der Waals surface area contributed by atoms with Crippen LogP contribution in [0.3, 0.4) is 0 Å². The SMILES string of the molecule is Cc1nc(NC#N)cc(NCC(C)C)n1. The van der Waals surface area contributed by atoms with Crippen molar-refractivity contribution in [2.75, 3.05) is 17.2 Å². The number of hydrogen-bond acceptors (Lipinski definition) is 5. The fourth-order valence-corrected chi connectivity index (χ4v) is 1.09. The summed E-state index contributed by atoms with van der Waals surface area (Å²) in [5.74, 6) is 2.46. The van der Waals surface area contributed by atoms with Crippen molar-refractivity contribution in [2.45, 2.75) is 20.8 Å². The highest BCUT2D eigenvalue weighted by molar-refractivity contribution is 5.49. The van der Waals surface area contributed by atoms with Crippen molar-refractivity contribution in [3.05, 3.63) is 11.9 Å². The third-order valence-electron chi connectivity index (χ3n) is 1.71. The Morgan fingerprint density at radius 1 is 1.40 bits per heavy atom. The molecule has 0 amide bonds. The summed E-state index contributed by atoms with van der Waals surface area (Å²) in [5, 5.41) is 14.2. The van der Waals surface area contributed by atoms with Gasteiger partial charge in [-0.15, -0.1) is 0 Å². The third-order valence-corrected chi connectivity index (χ3v) is 1.71. The molecule has 5 heteroatoms. The molecule has 2 N–H and O–H groups in total. The van der Waals surface area contributed by atoms with Crippen molar-refractivity contribution in [2.24, 2.45) is 5.92 Å². The van der Waals surface area contributed by atoms with E-state index in [1.807, 2.05) is 6.19 Å². The van der Waals surface area contributed by atoms with Gasteiger partial charge in [0.25, 0.3) is 0 Å². The summed E-state index contributed by atoms with van der Waals surface area (Å²) in [6, 6.07) is 1.72. The normalized spacial score (nSPS) is 9.80. The molecule has 1 aromatic rings. The number of aromatic nitrogens is 2. The number of hydrogen-bond donors (Lipinski definition) is 2. The first-order valence-electron chi connectivity index (χ1n) is 4.86. The maximum atomic E-state index is 8.48. The molecule has 1 heterocycles. The van der Waals surface area contributed by atoms with Gasteiger partial charge in [0, 0.05) is 12.6 Å². The molecular weight excluding hydrogens is 190 g/mol. The molecule has 0 aliphatic heterocycles. The van der Waals surface area contributed by atoms with Crippen LogP contribution in [0, 0.1) is 24.3 Å². The van der Waals surface area contributed by atoms with E-state index in [9.17, 15) is 0 Å². The lowest BCUT2D eigenvalue weighted by Gasteiger charge is -2.09. The molecule has 0 fully saturated rings. The fourth-order valence-electron chi connectivity index (χ4n) is 1.09. The number of nitrogens with zero attached hydrogens (tertiary/aromatic N) is 3. The largest absolute Gasteiger partial charge is 0.370 e. The van der Waals surface area contributed by atoms with Gasteiger partial charge in [0.15, 0.2) is 6.19 Å². The van der Waals surface area contributed by atoms with Gasteiger partial charge in [-0.1, -0.05) is 13.8 Å². The topological polar surface area (TPSA) is 73.6 Å². The molecule has 0 saturated heterocycles. The number of rotatable bonds is 4. The number of anilines is 2. The van der Waals surface area contributed by atoms with Gasteiger partial charge in [0.2, 0.25) is 0 Å². The third kappa shape index (κ3) is 3.81. The summed E-state index contributed by atoms with van der Waals surface area (Å²) in [7, 11) is 0. The molecule has 1 aromatic heterocycles. The van der Waals surface area contributed by atoms with Crippen molar-refractivity contribution in [1.29, 1.82) is 5.26 Å². The van der Waals surface area contributed by atoms with Gasteiger partial charge in [0.1, 0.15) is 17.5 Å². The highest BCUT2D eigenvalue weighted by Crippen LogP contribution is 2.10. The van der Waals surface area contributed by atoms with Crippen LogP contribution in [-0.4, -0.2) is 16.5 Å². The van der Waals surface area contributed by atoms with Crippen LogP contribution < -0.4 is 10.6 Å². The summed E-state index contributed by atoms with van der Waals surface area (Å²) in [4.78, 5) is 8.28. The van der Waals surface area contributed by atoms with E-state index in [1.54, 1.807) is 13.0 Å². The van der Waals surface area contributed by atoms with Crippen LogP contribution in [0.5, 0.6) is 0 Å². The molecule has 0 aliphatic rings. The molecule has 0 unspecified atom stereocenters. The Morgan fingerprint density at radius 2 is 2.07 bits per heavy atom. The van der Waals surface area contributed by atoms with E-state index in [-0.39, 0.29) is 0 Å². The van der Waals surface area contributed by atoms with Crippen LogP contribution in [0.15, 0.2) is 6.07 Å². The molecule has 0 bridgehead atoms. The molecule has 1 rings (SSSR count). The molecule has 0 saturated carbocycles. The Bertz CT molecular complexity index is 367. The van der Waals surface area contributed by atoms with Gasteiger partial charge < -0.3 is 5.32 Å². The summed E-state index contributed by atoms with van der Waals surface area (Å²) in [5.41, 5.74) is 0. The second-order valence-corrected chi connectivity index (χ2v) is 3.70. The summed E-state index contributed by atoms with van der Waals surface area (Å²) in [6.45, 7) is 6.89. The lowest BCUT2D eigenvalue weighted by Crippen LogP contribution is -2.10. The van der Waals surface area contributed by atoms with E-state index in [4.69, 9.17) is 5.26 Å². The fraction of sp³-hybridized carbons (Fsp3) is 0.500. The van der Waals surface area contributed by atoms with Crippen LogP contribution >= 0.6 is 0 Å². The van der Waals surface area contributed by atoms with Gasteiger partial charge in [-0.3, -0.25) is 5.32 Å². The van der Waals surface area contributed by atoms with Crippen LogP contribution in [0.2, 0.25) is 0 Å². The van der Waals surface area contributed by atoms with E-state index >= 15 is 0 Å². The first kappa shape index (κ1) is 11.2. The predicted octanol–water partition coefficient (Wildman–Crippen LogP) is 1.75. The molecule has 80 valence electrons. The van der Waals surface area contributed by atoms with Crippen LogP contribution in [0.25, 0.3) is 0 Å². The molecule has 15 heavy (non-hydrogen) atoms. The Labute approximate surface area is 89.6 Å². The van der Waals surface area contributed by atoms with Crippen molar-refractivity contribution in [3.63, 3.8) is 0 Å². The molecule has 0 radical (unpaired) electrons. The maximum absolute atomic E-state index is 8.48. The molecule has 5 nitrogen and oxygen atoms in total. The first-order valence-corrected chi connectivity index (χ1v) is 4.86. The lowest BCUT2D eigenvalue weighted by atomic mass is 10.2. The smallest absolute Gasteiger partial charge is 0.182 e. The lowest BCUT2D eigenvalue weighted by molar-refractivity contribution is 0.686. The molecule has 0 spiro atoms.